The lowest BCUT2D eigenvalue weighted by Crippen LogP contribution is -2.46. The van der Waals surface area contributed by atoms with E-state index < -0.39 is 0 Å². The van der Waals surface area contributed by atoms with E-state index in [1.54, 1.807) is 17.0 Å². The van der Waals surface area contributed by atoms with Crippen molar-refractivity contribution in [3.63, 3.8) is 0 Å². The van der Waals surface area contributed by atoms with Crippen LogP contribution >= 0.6 is 12.4 Å². The molecular weight excluding hydrogens is 378 g/mol. The van der Waals surface area contributed by atoms with Gasteiger partial charge in [-0.25, -0.2) is 0 Å². The zero-order chi connectivity index (χ0) is 19.0. The number of nitrogens with two attached hydrogens (primary N) is 1. The van der Waals surface area contributed by atoms with Crippen LogP contribution in [0.3, 0.4) is 0 Å². The van der Waals surface area contributed by atoms with Gasteiger partial charge in [0, 0.05) is 48.6 Å². The average molecular weight is 402 g/mol. The van der Waals surface area contributed by atoms with Gasteiger partial charge in [0.05, 0.1) is 0 Å². The molecule has 148 valence electrons. The number of piperidine rings is 1. The molecule has 2 heterocycles. The van der Waals surface area contributed by atoms with Crippen molar-refractivity contribution in [1.82, 2.24) is 9.80 Å². The molecule has 0 saturated carbocycles. The van der Waals surface area contributed by atoms with Gasteiger partial charge >= 0.3 is 0 Å². The summed E-state index contributed by atoms with van der Waals surface area (Å²) in [6, 6.07) is 11.0. The Balaban J connectivity index is 0.00000225. The van der Waals surface area contributed by atoms with Crippen molar-refractivity contribution in [2.75, 3.05) is 19.6 Å². The third-order valence-corrected chi connectivity index (χ3v) is 5.44. The van der Waals surface area contributed by atoms with E-state index in [-0.39, 0.29) is 42.7 Å². The zero-order valence-corrected chi connectivity index (χ0v) is 16.4. The molecule has 0 aromatic heterocycles. The zero-order valence-electron chi connectivity index (χ0n) is 15.6. The highest BCUT2D eigenvalue weighted by atomic mass is 35.5. The summed E-state index contributed by atoms with van der Waals surface area (Å²) in [7, 11) is 0. The van der Waals surface area contributed by atoms with Crippen molar-refractivity contribution in [2.24, 2.45) is 5.73 Å². The molecule has 2 aromatic carbocycles. The summed E-state index contributed by atoms with van der Waals surface area (Å²) < 4.78 is 0. The van der Waals surface area contributed by atoms with Crippen LogP contribution in [0, 0.1) is 0 Å². The summed E-state index contributed by atoms with van der Waals surface area (Å²) in [5, 5.41) is 1.62. The maximum Gasteiger partial charge on any atom is 0.261 e. The standard InChI is InChI=1S/C21H23N3O3.ClH/c22-15-7-3-11-23(13-15)18(25)10-4-12-24-20(26)16-8-1-5-14-6-2-9-17(19(14)16)21(24)27;/h1-2,5-6,8-9,15H,3-4,7,10-13,22H2;1H. The number of rotatable bonds is 4. The van der Waals surface area contributed by atoms with E-state index in [1.807, 2.05) is 24.3 Å². The summed E-state index contributed by atoms with van der Waals surface area (Å²) in [5.74, 6) is -0.516. The van der Waals surface area contributed by atoms with Crippen molar-refractivity contribution in [1.29, 1.82) is 0 Å². The number of amides is 3. The molecule has 0 spiro atoms. The van der Waals surface area contributed by atoms with Crippen LogP contribution in [0.2, 0.25) is 0 Å². The monoisotopic (exact) mass is 401 g/mol. The molecule has 1 fully saturated rings. The number of carbonyl (C=O) groups excluding carboxylic acids is 3. The third kappa shape index (κ3) is 3.62. The molecule has 2 aliphatic rings. The van der Waals surface area contributed by atoms with Crippen molar-refractivity contribution >= 4 is 40.9 Å². The van der Waals surface area contributed by atoms with Gasteiger partial charge in [0.1, 0.15) is 0 Å². The van der Waals surface area contributed by atoms with Crippen LogP contribution in [0.4, 0.5) is 0 Å². The van der Waals surface area contributed by atoms with E-state index in [9.17, 15) is 14.4 Å². The number of carbonyl (C=O) groups is 3. The first-order valence-electron chi connectivity index (χ1n) is 9.47. The first kappa shape index (κ1) is 20.3. The summed E-state index contributed by atoms with van der Waals surface area (Å²) >= 11 is 0. The number of benzene rings is 2. The lowest BCUT2D eigenvalue weighted by Gasteiger charge is -2.31. The first-order valence-corrected chi connectivity index (χ1v) is 9.47. The van der Waals surface area contributed by atoms with E-state index in [1.165, 1.54) is 4.90 Å². The predicted octanol–water partition coefficient (Wildman–Crippen LogP) is 2.59. The molecule has 2 aromatic rings. The topological polar surface area (TPSA) is 83.7 Å². The van der Waals surface area contributed by atoms with Crippen molar-refractivity contribution in [2.45, 2.75) is 31.7 Å². The minimum absolute atomic E-state index is 0. The molecule has 7 heteroatoms. The van der Waals surface area contributed by atoms with E-state index >= 15 is 0 Å². The van der Waals surface area contributed by atoms with Crippen LogP contribution in [-0.4, -0.2) is 53.2 Å². The van der Waals surface area contributed by atoms with Crippen LogP contribution in [0.5, 0.6) is 0 Å². The van der Waals surface area contributed by atoms with Crippen LogP contribution in [0.1, 0.15) is 46.4 Å². The molecule has 1 atom stereocenters. The molecule has 3 amide bonds. The maximum absolute atomic E-state index is 12.8. The highest BCUT2D eigenvalue weighted by Crippen LogP contribution is 2.30. The number of imide groups is 1. The molecule has 6 nitrogen and oxygen atoms in total. The molecule has 0 bridgehead atoms. The smallest absolute Gasteiger partial charge is 0.261 e. The van der Waals surface area contributed by atoms with Gasteiger partial charge in [-0.3, -0.25) is 19.3 Å². The van der Waals surface area contributed by atoms with Gasteiger partial charge in [-0.1, -0.05) is 24.3 Å². The van der Waals surface area contributed by atoms with Crippen LogP contribution in [0.25, 0.3) is 10.8 Å². The van der Waals surface area contributed by atoms with E-state index in [2.05, 4.69) is 0 Å². The number of halogens is 1. The first-order chi connectivity index (χ1) is 13.1. The largest absolute Gasteiger partial charge is 0.341 e. The van der Waals surface area contributed by atoms with Crippen LogP contribution in [0.15, 0.2) is 36.4 Å². The second-order valence-corrected chi connectivity index (χ2v) is 7.32. The molecule has 4 rings (SSSR count). The minimum Gasteiger partial charge on any atom is -0.341 e. The quantitative estimate of drug-likeness (QED) is 0.798. The summed E-state index contributed by atoms with van der Waals surface area (Å²) in [5.41, 5.74) is 7.04. The fraction of sp³-hybridized carbons (Fsp3) is 0.381. The second-order valence-electron chi connectivity index (χ2n) is 7.32. The Morgan fingerprint density at radius 2 is 1.71 bits per heavy atom. The molecular formula is C21H24ClN3O3. The lowest BCUT2D eigenvalue weighted by molar-refractivity contribution is -0.132. The van der Waals surface area contributed by atoms with Gasteiger partial charge in [-0.15, -0.1) is 12.4 Å². The Morgan fingerprint density at radius 1 is 1.07 bits per heavy atom. The Morgan fingerprint density at radius 3 is 2.32 bits per heavy atom. The maximum atomic E-state index is 12.8. The molecule has 1 unspecified atom stereocenters. The van der Waals surface area contributed by atoms with Gasteiger partial charge in [-0.2, -0.15) is 0 Å². The molecule has 0 radical (unpaired) electrons. The van der Waals surface area contributed by atoms with Gasteiger partial charge < -0.3 is 10.6 Å². The Labute approximate surface area is 170 Å². The van der Waals surface area contributed by atoms with E-state index in [4.69, 9.17) is 5.73 Å². The molecule has 0 aliphatic carbocycles. The lowest BCUT2D eigenvalue weighted by atomic mass is 9.94. The molecule has 1 saturated heterocycles. The van der Waals surface area contributed by atoms with Crippen LogP contribution < -0.4 is 5.73 Å². The SMILES string of the molecule is Cl.NC1CCCN(C(=O)CCCN2C(=O)c3cccc4cccc(c34)C2=O)C1. The fourth-order valence-corrected chi connectivity index (χ4v) is 4.07. The highest BCUT2D eigenvalue weighted by molar-refractivity contribution is 6.25. The minimum atomic E-state index is -0.281. The number of likely N-dealkylation sites (tertiary alicyclic amines) is 1. The van der Waals surface area contributed by atoms with Gasteiger partial charge in [0.15, 0.2) is 0 Å². The van der Waals surface area contributed by atoms with Gasteiger partial charge in [-0.05, 0) is 36.8 Å². The molecule has 2 N–H and O–H groups in total. The van der Waals surface area contributed by atoms with Gasteiger partial charge in [0.25, 0.3) is 11.8 Å². The summed E-state index contributed by atoms with van der Waals surface area (Å²) in [4.78, 5) is 41.1. The fourth-order valence-electron chi connectivity index (χ4n) is 4.07. The Bertz CT molecular complexity index is 880. The number of hydrogen-bond acceptors (Lipinski definition) is 4. The summed E-state index contributed by atoms with van der Waals surface area (Å²) in [6.07, 6.45) is 2.65. The average Bonchev–Trinajstić information content (AvgIpc) is 2.68. The Kier molecular flexibility index (Phi) is 6.01. The second kappa shape index (κ2) is 8.29. The number of nitrogens with zero attached hydrogens (tertiary/aromatic N) is 2. The molecule has 2 aliphatic heterocycles. The van der Waals surface area contributed by atoms with E-state index in [0.717, 1.165) is 30.2 Å². The van der Waals surface area contributed by atoms with Gasteiger partial charge in [0.2, 0.25) is 5.91 Å². The van der Waals surface area contributed by atoms with Crippen molar-refractivity contribution in [3.8, 4) is 0 Å². The van der Waals surface area contributed by atoms with Crippen molar-refractivity contribution in [3.05, 3.63) is 47.5 Å². The third-order valence-electron chi connectivity index (χ3n) is 5.44. The normalized spacial score (nSPS) is 19.0. The van der Waals surface area contributed by atoms with E-state index in [0.29, 0.717) is 30.5 Å². The molecule has 28 heavy (non-hydrogen) atoms. The predicted molar refractivity (Wildman–Crippen MR) is 110 cm³/mol. The van der Waals surface area contributed by atoms with Crippen molar-refractivity contribution < 1.29 is 14.4 Å². The number of hydrogen-bond donors (Lipinski definition) is 1. The summed E-state index contributed by atoms with van der Waals surface area (Å²) in [6.45, 7) is 1.58. The highest BCUT2D eigenvalue weighted by Gasteiger charge is 2.32. The Hall–Kier alpha value is -2.44. The van der Waals surface area contributed by atoms with Crippen LogP contribution in [-0.2, 0) is 4.79 Å².